The van der Waals surface area contributed by atoms with Crippen molar-refractivity contribution in [2.24, 2.45) is 0 Å². The van der Waals surface area contributed by atoms with Gasteiger partial charge in [0.05, 0.1) is 33.6 Å². The van der Waals surface area contributed by atoms with Crippen molar-refractivity contribution in [2.45, 2.75) is 19.8 Å². The lowest BCUT2D eigenvalue weighted by molar-refractivity contribution is 0.294. The fourth-order valence-electron chi connectivity index (χ4n) is 3.05. The normalized spacial score (nSPS) is 10.7. The number of hydrogen-bond acceptors (Lipinski definition) is 5. The van der Waals surface area contributed by atoms with Crippen LogP contribution in [0.25, 0.3) is 10.8 Å². The second-order valence-electron chi connectivity index (χ2n) is 6.20. The van der Waals surface area contributed by atoms with Crippen LogP contribution < -0.4 is 18.9 Å². The summed E-state index contributed by atoms with van der Waals surface area (Å²) in [5.74, 6) is 2.90. The molecule has 0 fully saturated rings. The minimum Gasteiger partial charge on any atom is -0.493 e. The second-order valence-corrected chi connectivity index (χ2v) is 6.20. The molecule has 1 heterocycles. The van der Waals surface area contributed by atoms with Gasteiger partial charge in [0.1, 0.15) is 0 Å². The lowest BCUT2D eigenvalue weighted by atomic mass is 10.0. The molecular weight excluding hydrogens is 342 g/mol. The molecule has 0 atom stereocenters. The van der Waals surface area contributed by atoms with Crippen molar-refractivity contribution in [3.63, 3.8) is 0 Å². The van der Waals surface area contributed by atoms with Gasteiger partial charge in [-0.1, -0.05) is 13.0 Å². The van der Waals surface area contributed by atoms with Gasteiger partial charge in [-0.15, -0.1) is 0 Å². The lowest BCUT2D eigenvalue weighted by Crippen LogP contribution is -2.00. The van der Waals surface area contributed by atoms with E-state index in [0.29, 0.717) is 24.5 Å². The highest BCUT2D eigenvalue weighted by Crippen LogP contribution is 2.34. The Morgan fingerprint density at radius 3 is 2.22 bits per heavy atom. The minimum absolute atomic E-state index is 0.669. The van der Waals surface area contributed by atoms with Crippen molar-refractivity contribution >= 4 is 10.8 Å². The molecule has 0 aliphatic rings. The molecule has 0 radical (unpaired) electrons. The van der Waals surface area contributed by atoms with Crippen LogP contribution >= 0.6 is 0 Å². The number of hydrogen-bond donors (Lipinski definition) is 0. The summed E-state index contributed by atoms with van der Waals surface area (Å²) in [6, 6.07) is 11.9. The maximum Gasteiger partial charge on any atom is 0.161 e. The predicted octanol–water partition coefficient (Wildman–Crippen LogP) is 4.64. The fourth-order valence-corrected chi connectivity index (χ4v) is 3.05. The average Bonchev–Trinajstić information content (AvgIpc) is 2.71. The molecule has 5 nitrogen and oxygen atoms in total. The third-order valence-electron chi connectivity index (χ3n) is 4.41. The first-order valence-corrected chi connectivity index (χ1v) is 8.99. The first-order chi connectivity index (χ1) is 13.2. The summed E-state index contributed by atoms with van der Waals surface area (Å²) in [6.07, 6.45) is 3.45. The van der Waals surface area contributed by atoms with Crippen LogP contribution in [0.15, 0.2) is 42.6 Å². The molecule has 3 rings (SSSR count). The van der Waals surface area contributed by atoms with Gasteiger partial charge in [-0.2, -0.15) is 0 Å². The number of rotatable bonds is 8. The molecule has 0 spiro atoms. The minimum atomic E-state index is 0.669. The average molecular weight is 367 g/mol. The van der Waals surface area contributed by atoms with Crippen LogP contribution in [0.2, 0.25) is 0 Å². The Kier molecular flexibility index (Phi) is 6.01. The Morgan fingerprint density at radius 1 is 0.815 bits per heavy atom. The smallest absolute Gasteiger partial charge is 0.161 e. The van der Waals surface area contributed by atoms with Gasteiger partial charge in [0.25, 0.3) is 0 Å². The molecule has 1 aromatic heterocycles. The van der Waals surface area contributed by atoms with Gasteiger partial charge in [0.15, 0.2) is 23.0 Å². The van der Waals surface area contributed by atoms with Gasteiger partial charge in [-0.25, -0.2) is 0 Å². The Bertz CT molecular complexity index is 924. The number of fused-ring (bicyclic) bond motifs is 1. The molecule has 0 aliphatic carbocycles. The molecule has 0 amide bonds. The summed E-state index contributed by atoms with van der Waals surface area (Å²) < 4.78 is 22.1. The van der Waals surface area contributed by atoms with Crippen LogP contribution in [0.3, 0.4) is 0 Å². The molecule has 5 heteroatoms. The van der Waals surface area contributed by atoms with Crippen molar-refractivity contribution in [1.29, 1.82) is 0 Å². The zero-order valence-corrected chi connectivity index (χ0v) is 16.2. The van der Waals surface area contributed by atoms with E-state index < -0.39 is 0 Å². The molecule has 2 aromatic carbocycles. The first-order valence-electron chi connectivity index (χ1n) is 8.99. The van der Waals surface area contributed by atoms with Gasteiger partial charge in [-0.05, 0) is 47.7 Å². The number of ether oxygens (including phenoxy) is 4. The number of aromatic nitrogens is 1. The Labute approximate surface area is 159 Å². The maximum absolute atomic E-state index is 5.74. The molecule has 0 aliphatic heterocycles. The molecule has 0 saturated carbocycles. The van der Waals surface area contributed by atoms with Gasteiger partial charge >= 0.3 is 0 Å². The summed E-state index contributed by atoms with van der Waals surface area (Å²) >= 11 is 0. The van der Waals surface area contributed by atoms with E-state index in [0.717, 1.165) is 39.9 Å². The molecule has 0 unspecified atom stereocenters. The Hall–Kier alpha value is -2.95. The van der Waals surface area contributed by atoms with Crippen LogP contribution in [-0.4, -0.2) is 32.9 Å². The lowest BCUT2D eigenvalue weighted by Gasteiger charge is -2.13. The fraction of sp³-hybridized carbons (Fsp3) is 0.318. The summed E-state index contributed by atoms with van der Waals surface area (Å²) in [5.41, 5.74) is 2.07. The van der Waals surface area contributed by atoms with E-state index in [1.807, 2.05) is 36.5 Å². The van der Waals surface area contributed by atoms with E-state index in [2.05, 4.69) is 18.0 Å². The maximum atomic E-state index is 5.74. The van der Waals surface area contributed by atoms with Crippen molar-refractivity contribution in [1.82, 2.24) is 4.98 Å². The van der Waals surface area contributed by atoms with E-state index in [1.54, 1.807) is 21.3 Å². The van der Waals surface area contributed by atoms with Gasteiger partial charge in [-0.3, -0.25) is 4.98 Å². The second kappa shape index (κ2) is 8.62. The summed E-state index contributed by atoms with van der Waals surface area (Å²) in [6.45, 7) is 2.75. The largest absolute Gasteiger partial charge is 0.493 e. The van der Waals surface area contributed by atoms with Crippen LogP contribution in [0.4, 0.5) is 0 Å². The third-order valence-corrected chi connectivity index (χ3v) is 4.41. The van der Waals surface area contributed by atoms with Crippen LogP contribution in [-0.2, 0) is 6.42 Å². The van der Waals surface area contributed by atoms with Gasteiger partial charge in [0.2, 0.25) is 0 Å². The molecule has 0 N–H and O–H groups in total. The summed E-state index contributed by atoms with van der Waals surface area (Å²) in [5, 5.41) is 2.10. The van der Waals surface area contributed by atoms with E-state index in [4.69, 9.17) is 18.9 Å². The SMILES string of the molecule is CCCOc1ccc(Cc2nccc3cc(OC)c(OC)cc23)cc1OC. The molecule has 0 saturated heterocycles. The van der Waals surface area contributed by atoms with E-state index in [9.17, 15) is 0 Å². The molecule has 3 aromatic rings. The van der Waals surface area contributed by atoms with Crippen molar-refractivity contribution in [3.05, 3.63) is 53.9 Å². The first kappa shape index (κ1) is 18.8. The quantitative estimate of drug-likeness (QED) is 0.580. The zero-order valence-electron chi connectivity index (χ0n) is 16.2. The molecule has 0 bridgehead atoms. The van der Waals surface area contributed by atoms with Crippen LogP contribution in [0.5, 0.6) is 23.0 Å². The van der Waals surface area contributed by atoms with Gasteiger partial charge in [0, 0.05) is 18.0 Å². The van der Waals surface area contributed by atoms with E-state index in [1.165, 1.54) is 0 Å². The standard InChI is InChI=1S/C22H25NO4/c1-5-10-27-19-7-6-15(12-20(19)24-2)11-18-17-14-22(26-4)21(25-3)13-16(17)8-9-23-18/h6-9,12-14H,5,10-11H2,1-4H3. The highest BCUT2D eigenvalue weighted by atomic mass is 16.5. The zero-order chi connectivity index (χ0) is 19.2. The highest BCUT2D eigenvalue weighted by molar-refractivity contribution is 5.88. The van der Waals surface area contributed by atoms with Crippen molar-refractivity contribution < 1.29 is 18.9 Å². The number of benzene rings is 2. The molecule has 27 heavy (non-hydrogen) atoms. The molecular formula is C22H25NO4. The van der Waals surface area contributed by atoms with Gasteiger partial charge < -0.3 is 18.9 Å². The number of methoxy groups -OCH3 is 3. The third kappa shape index (κ3) is 4.08. The number of pyridine rings is 1. The molecule has 142 valence electrons. The van der Waals surface area contributed by atoms with Crippen LogP contribution in [0.1, 0.15) is 24.6 Å². The Morgan fingerprint density at radius 2 is 1.52 bits per heavy atom. The predicted molar refractivity (Wildman–Crippen MR) is 106 cm³/mol. The highest BCUT2D eigenvalue weighted by Gasteiger charge is 2.12. The Balaban J connectivity index is 1.96. The van der Waals surface area contributed by atoms with Crippen molar-refractivity contribution in [3.8, 4) is 23.0 Å². The number of nitrogens with zero attached hydrogens (tertiary/aromatic N) is 1. The van der Waals surface area contributed by atoms with Crippen LogP contribution in [0, 0.1) is 0 Å². The monoisotopic (exact) mass is 367 g/mol. The summed E-state index contributed by atoms with van der Waals surface area (Å²) in [7, 11) is 4.94. The van der Waals surface area contributed by atoms with E-state index in [-0.39, 0.29) is 0 Å². The topological polar surface area (TPSA) is 49.8 Å². The summed E-state index contributed by atoms with van der Waals surface area (Å²) in [4.78, 5) is 4.59. The van der Waals surface area contributed by atoms with Crippen molar-refractivity contribution in [2.75, 3.05) is 27.9 Å². The van der Waals surface area contributed by atoms with E-state index >= 15 is 0 Å².